The Morgan fingerprint density at radius 2 is 1.94 bits per heavy atom. The lowest BCUT2D eigenvalue weighted by Crippen LogP contribution is -2.35. The number of pyridine rings is 1. The van der Waals surface area contributed by atoms with Gasteiger partial charge in [0, 0.05) is 24.3 Å². The van der Waals surface area contributed by atoms with Crippen LogP contribution < -0.4 is 14.8 Å². The van der Waals surface area contributed by atoms with E-state index in [1.54, 1.807) is 26.5 Å². The van der Waals surface area contributed by atoms with Crippen LogP contribution >= 0.6 is 0 Å². The minimum Gasteiger partial charge on any atom is -0.493 e. The molecule has 4 heteroatoms. The van der Waals surface area contributed by atoms with E-state index in [-0.39, 0.29) is 5.54 Å². The molecule has 0 fully saturated rings. The second-order valence-electron chi connectivity index (χ2n) is 4.60. The largest absolute Gasteiger partial charge is 0.493 e. The summed E-state index contributed by atoms with van der Waals surface area (Å²) in [5.74, 6) is 1.41. The van der Waals surface area contributed by atoms with Crippen molar-refractivity contribution in [2.45, 2.75) is 32.9 Å². The van der Waals surface area contributed by atoms with Crippen molar-refractivity contribution >= 4 is 0 Å². The van der Waals surface area contributed by atoms with Gasteiger partial charge in [0.15, 0.2) is 11.5 Å². The predicted octanol–water partition coefficient (Wildman–Crippen LogP) is 1.99. The molecule has 0 saturated carbocycles. The topological polar surface area (TPSA) is 43.4 Å². The highest BCUT2D eigenvalue weighted by atomic mass is 16.5. The summed E-state index contributed by atoms with van der Waals surface area (Å²) in [6.45, 7) is 6.99. The lowest BCUT2D eigenvalue weighted by molar-refractivity contribution is 0.343. The van der Waals surface area contributed by atoms with Crippen molar-refractivity contribution in [2.24, 2.45) is 0 Å². The molecule has 0 spiro atoms. The third-order valence-corrected chi connectivity index (χ3v) is 2.15. The van der Waals surface area contributed by atoms with Crippen molar-refractivity contribution in [1.29, 1.82) is 0 Å². The van der Waals surface area contributed by atoms with Gasteiger partial charge in [0.05, 0.1) is 19.9 Å². The zero-order chi connectivity index (χ0) is 12.2. The number of nitrogens with zero attached hydrogens (tertiary/aromatic N) is 1. The first-order valence-corrected chi connectivity index (χ1v) is 5.29. The molecule has 4 nitrogen and oxygen atoms in total. The van der Waals surface area contributed by atoms with Crippen molar-refractivity contribution in [1.82, 2.24) is 10.3 Å². The van der Waals surface area contributed by atoms with Gasteiger partial charge in [-0.05, 0) is 20.8 Å². The first-order valence-electron chi connectivity index (χ1n) is 5.29. The van der Waals surface area contributed by atoms with Crippen LogP contribution in [-0.2, 0) is 6.54 Å². The molecule has 0 saturated heterocycles. The molecule has 1 N–H and O–H groups in total. The van der Waals surface area contributed by atoms with Crippen molar-refractivity contribution in [3.8, 4) is 11.5 Å². The van der Waals surface area contributed by atoms with Crippen LogP contribution in [0.25, 0.3) is 0 Å². The molecule has 16 heavy (non-hydrogen) atoms. The van der Waals surface area contributed by atoms with E-state index in [9.17, 15) is 0 Å². The summed E-state index contributed by atoms with van der Waals surface area (Å²) in [7, 11) is 3.25. The van der Waals surface area contributed by atoms with Gasteiger partial charge in [0.1, 0.15) is 0 Å². The summed E-state index contributed by atoms with van der Waals surface area (Å²) in [6, 6.07) is 1.79. The highest BCUT2D eigenvalue weighted by Crippen LogP contribution is 2.28. The molecule has 0 atom stereocenters. The van der Waals surface area contributed by atoms with Crippen LogP contribution in [0.4, 0.5) is 0 Å². The van der Waals surface area contributed by atoms with E-state index in [0.717, 1.165) is 5.69 Å². The number of nitrogens with one attached hydrogen (secondary N) is 1. The minimum absolute atomic E-state index is 0.0514. The number of aromatic nitrogens is 1. The summed E-state index contributed by atoms with van der Waals surface area (Å²) >= 11 is 0. The van der Waals surface area contributed by atoms with Gasteiger partial charge in [0.2, 0.25) is 0 Å². The summed E-state index contributed by atoms with van der Waals surface area (Å²) in [4.78, 5) is 4.29. The number of hydrogen-bond donors (Lipinski definition) is 1. The monoisotopic (exact) mass is 224 g/mol. The fourth-order valence-electron chi connectivity index (χ4n) is 1.33. The molecule has 0 radical (unpaired) electrons. The van der Waals surface area contributed by atoms with E-state index in [0.29, 0.717) is 18.0 Å². The predicted molar refractivity (Wildman–Crippen MR) is 63.9 cm³/mol. The normalized spacial score (nSPS) is 11.3. The molecule has 0 aliphatic carbocycles. The maximum atomic E-state index is 5.31. The molecule has 1 rings (SSSR count). The Morgan fingerprint density at radius 1 is 1.25 bits per heavy atom. The van der Waals surface area contributed by atoms with E-state index in [1.165, 1.54) is 0 Å². The van der Waals surface area contributed by atoms with Crippen molar-refractivity contribution in [3.63, 3.8) is 0 Å². The Balaban J connectivity index is 2.87. The Kier molecular flexibility index (Phi) is 4.12. The second kappa shape index (κ2) is 5.16. The standard InChI is InChI=1S/C12H20N2O2/c1-12(2,3)14-8-9-11(16-5)10(15-4)6-7-13-9/h6-7,14H,8H2,1-5H3. The summed E-state index contributed by atoms with van der Waals surface area (Å²) in [5, 5.41) is 3.37. The zero-order valence-corrected chi connectivity index (χ0v) is 10.6. The first kappa shape index (κ1) is 12.8. The molecule has 0 unspecified atom stereocenters. The van der Waals surface area contributed by atoms with Gasteiger partial charge in [-0.25, -0.2) is 0 Å². The average Bonchev–Trinajstić information content (AvgIpc) is 2.24. The van der Waals surface area contributed by atoms with Crippen LogP contribution in [0.1, 0.15) is 26.5 Å². The number of ether oxygens (including phenoxy) is 2. The van der Waals surface area contributed by atoms with Crippen LogP contribution in [0.15, 0.2) is 12.3 Å². The molecule has 1 aromatic heterocycles. The molecular formula is C12H20N2O2. The maximum Gasteiger partial charge on any atom is 0.183 e. The van der Waals surface area contributed by atoms with Crippen LogP contribution in [0.3, 0.4) is 0 Å². The van der Waals surface area contributed by atoms with Crippen LogP contribution in [-0.4, -0.2) is 24.7 Å². The smallest absolute Gasteiger partial charge is 0.183 e. The van der Waals surface area contributed by atoms with Gasteiger partial charge in [-0.15, -0.1) is 0 Å². The van der Waals surface area contributed by atoms with E-state index in [4.69, 9.17) is 9.47 Å². The lowest BCUT2D eigenvalue weighted by atomic mass is 10.1. The summed E-state index contributed by atoms with van der Waals surface area (Å²) < 4.78 is 10.5. The Bertz CT molecular complexity index is 345. The summed E-state index contributed by atoms with van der Waals surface area (Å²) in [6.07, 6.45) is 1.72. The van der Waals surface area contributed by atoms with Crippen LogP contribution in [0, 0.1) is 0 Å². The van der Waals surface area contributed by atoms with E-state index in [1.807, 2.05) is 0 Å². The van der Waals surface area contributed by atoms with Crippen molar-refractivity contribution in [2.75, 3.05) is 14.2 Å². The third kappa shape index (κ3) is 3.38. The molecule has 90 valence electrons. The SMILES string of the molecule is COc1ccnc(CNC(C)(C)C)c1OC. The highest BCUT2D eigenvalue weighted by molar-refractivity contribution is 5.42. The van der Waals surface area contributed by atoms with Crippen molar-refractivity contribution < 1.29 is 9.47 Å². The molecule has 0 amide bonds. The van der Waals surface area contributed by atoms with Gasteiger partial charge >= 0.3 is 0 Å². The van der Waals surface area contributed by atoms with Gasteiger partial charge in [0.25, 0.3) is 0 Å². The average molecular weight is 224 g/mol. The number of rotatable bonds is 4. The molecule has 0 aromatic carbocycles. The van der Waals surface area contributed by atoms with E-state index in [2.05, 4.69) is 31.1 Å². The molecule has 0 aliphatic heterocycles. The molecular weight excluding hydrogens is 204 g/mol. The fraction of sp³-hybridized carbons (Fsp3) is 0.583. The van der Waals surface area contributed by atoms with Crippen LogP contribution in [0.5, 0.6) is 11.5 Å². The molecule has 0 aliphatic rings. The first-order chi connectivity index (χ1) is 7.48. The molecule has 1 heterocycles. The van der Waals surface area contributed by atoms with Crippen molar-refractivity contribution in [3.05, 3.63) is 18.0 Å². The Labute approximate surface area is 97.0 Å². The Hall–Kier alpha value is -1.29. The van der Waals surface area contributed by atoms with Crippen LogP contribution in [0.2, 0.25) is 0 Å². The Morgan fingerprint density at radius 3 is 2.44 bits per heavy atom. The number of methoxy groups -OCH3 is 2. The van der Waals surface area contributed by atoms with E-state index < -0.39 is 0 Å². The second-order valence-corrected chi connectivity index (χ2v) is 4.60. The highest BCUT2D eigenvalue weighted by Gasteiger charge is 2.14. The zero-order valence-electron chi connectivity index (χ0n) is 10.6. The molecule has 0 bridgehead atoms. The van der Waals surface area contributed by atoms with E-state index >= 15 is 0 Å². The van der Waals surface area contributed by atoms with Gasteiger partial charge < -0.3 is 14.8 Å². The maximum absolute atomic E-state index is 5.31. The molecule has 1 aromatic rings. The third-order valence-electron chi connectivity index (χ3n) is 2.15. The number of hydrogen-bond acceptors (Lipinski definition) is 4. The fourth-order valence-corrected chi connectivity index (χ4v) is 1.33. The minimum atomic E-state index is 0.0514. The summed E-state index contributed by atoms with van der Waals surface area (Å²) in [5.41, 5.74) is 0.909. The van der Waals surface area contributed by atoms with Gasteiger partial charge in [-0.3, -0.25) is 4.98 Å². The van der Waals surface area contributed by atoms with Gasteiger partial charge in [-0.2, -0.15) is 0 Å². The quantitative estimate of drug-likeness (QED) is 0.849. The lowest BCUT2D eigenvalue weighted by Gasteiger charge is -2.21. The van der Waals surface area contributed by atoms with Gasteiger partial charge in [-0.1, -0.05) is 0 Å².